The summed E-state index contributed by atoms with van der Waals surface area (Å²) in [5.41, 5.74) is 2.14. The van der Waals surface area contributed by atoms with Crippen LogP contribution in [-0.2, 0) is 0 Å². The van der Waals surface area contributed by atoms with Gasteiger partial charge >= 0.3 is 0 Å². The summed E-state index contributed by atoms with van der Waals surface area (Å²) >= 11 is 0. The molecule has 4 aromatic heterocycles. The van der Waals surface area contributed by atoms with Crippen molar-refractivity contribution in [2.75, 3.05) is 14.2 Å². The van der Waals surface area contributed by atoms with Crippen LogP contribution in [0.3, 0.4) is 0 Å². The minimum atomic E-state index is -0.167. The first-order valence-electron chi connectivity index (χ1n) is 7.79. The highest BCUT2D eigenvalue weighted by molar-refractivity contribution is 6.19. The third-order valence-electron chi connectivity index (χ3n) is 4.70. The maximum Gasteiger partial charge on any atom is 0.267 e. The lowest BCUT2D eigenvalue weighted by Gasteiger charge is -2.12. The first-order chi connectivity index (χ1) is 12.3. The van der Waals surface area contributed by atoms with Crippen LogP contribution in [0, 0.1) is 0 Å². The zero-order chi connectivity index (χ0) is 17.1. The van der Waals surface area contributed by atoms with Crippen LogP contribution in [0.2, 0.25) is 0 Å². The number of aromatic nitrogens is 3. The summed E-state index contributed by atoms with van der Waals surface area (Å²) in [6, 6.07) is 7.50. The number of nitrogens with zero attached hydrogens (tertiary/aromatic N) is 3. The Morgan fingerprint density at radius 2 is 1.80 bits per heavy atom. The predicted molar refractivity (Wildman–Crippen MR) is 96.1 cm³/mol. The van der Waals surface area contributed by atoms with Crippen LogP contribution in [0.1, 0.15) is 0 Å². The van der Waals surface area contributed by atoms with Gasteiger partial charge in [-0.25, -0.2) is 0 Å². The molecule has 0 radical (unpaired) electrons. The van der Waals surface area contributed by atoms with Crippen LogP contribution in [0.5, 0.6) is 11.5 Å². The van der Waals surface area contributed by atoms with E-state index in [1.165, 1.54) is 7.11 Å². The summed E-state index contributed by atoms with van der Waals surface area (Å²) in [6.07, 6.45) is 5.19. The van der Waals surface area contributed by atoms with Crippen molar-refractivity contribution < 1.29 is 9.47 Å². The minimum Gasteiger partial charge on any atom is -0.493 e. The Morgan fingerprint density at radius 1 is 0.960 bits per heavy atom. The molecule has 0 saturated heterocycles. The molecule has 0 bridgehead atoms. The van der Waals surface area contributed by atoms with Gasteiger partial charge in [0.15, 0.2) is 11.5 Å². The zero-order valence-electron chi connectivity index (χ0n) is 13.6. The molecule has 0 unspecified atom stereocenters. The number of hydrogen-bond donors (Lipinski definition) is 0. The van der Waals surface area contributed by atoms with Gasteiger partial charge in [-0.15, -0.1) is 0 Å². The summed E-state index contributed by atoms with van der Waals surface area (Å²) in [6.45, 7) is 0. The molecule has 0 atom stereocenters. The van der Waals surface area contributed by atoms with E-state index < -0.39 is 0 Å². The molecule has 0 aliphatic heterocycles. The average molecular weight is 331 g/mol. The van der Waals surface area contributed by atoms with E-state index in [-0.39, 0.29) is 5.56 Å². The third-order valence-corrected chi connectivity index (χ3v) is 4.70. The number of fused-ring (bicyclic) bond motifs is 5. The highest BCUT2D eigenvalue weighted by atomic mass is 16.5. The van der Waals surface area contributed by atoms with Crippen molar-refractivity contribution in [2.45, 2.75) is 0 Å². The van der Waals surface area contributed by atoms with E-state index in [0.29, 0.717) is 16.9 Å². The normalized spacial score (nSPS) is 11.8. The quantitative estimate of drug-likeness (QED) is 0.465. The Bertz CT molecular complexity index is 1340. The van der Waals surface area contributed by atoms with Crippen LogP contribution < -0.4 is 15.0 Å². The van der Waals surface area contributed by atoms with Gasteiger partial charge < -0.3 is 9.47 Å². The van der Waals surface area contributed by atoms with Crippen molar-refractivity contribution in [1.82, 2.24) is 14.4 Å². The Kier molecular flexibility index (Phi) is 2.68. The number of ether oxygens (including phenoxy) is 2. The maximum atomic E-state index is 13.4. The number of hydrogen-bond acceptors (Lipinski definition) is 5. The van der Waals surface area contributed by atoms with Gasteiger partial charge in [-0.3, -0.25) is 19.2 Å². The number of methoxy groups -OCH3 is 2. The summed E-state index contributed by atoms with van der Waals surface area (Å²) < 4.78 is 12.5. The van der Waals surface area contributed by atoms with Crippen LogP contribution in [0.15, 0.2) is 47.7 Å². The van der Waals surface area contributed by atoms with E-state index in [4.69, 9.17) is 9.47 Å². The molecule has 0 spiro atoms. The third kappa shape index (κ3) is 1.60. The summed E-state index contributed by atoms with van der Waals surface area (Å²) in [4.78, 5) is 22.1. The molecule has 4 heterocycles. The largest absolute Gasteiger partial charge is 0.493 e. The van der Waals surface area contributed by atoms with Gasteiger partial charge in [0.2, 0.25) is 0 Å². The molecule has 6 heteroatoms. The van der Waals surface area contributed by atoms with Gasteiger partial charge in [0.1, 0.15) is 0 Å². The predicted octanol–water partition coefficient (Wildman–Crippen LogP) is 3.00. The molecule has 6 nitrogen and oxygen atoms in total. The van der Waals surface area contributed by atoms with Crippen LogP contribution in [-0.4, -0.2) is 28.6 Å². The molecule has 0 fully saturated rings. The second-order valence-electron chi connectivity index (χ2n) is 5.81. The lowest BCUT2D eigenvalue weighted by Crippen LogP contribution is -2.14. The molecule has 0 saturated carbocycles. The topological polar surface area (TPSA) is 65.7 Å². The Morgan fingerprint density at radius 3 is 2.60 bits per heavy atom. The second-order valence-corrected chi connectivity index (χ2v) is 5.81. The van der Waals surface area contributed by atoms with Crippen molar-refractivity contribution >= 4 is 38.1 Å². The lowest BCUT2D eigenvalue weighted by atomic mass is 10.1. The first-order valence-corrected chi connectivity index (χ1v) is 7.79. The van der Waals surface area contributed by atoms with E-state index in [1.807, 2.05) is 18.2 Å². The Balaban J connectivity index is 2.21. The highest BCUT2D eigenvalue weighted by Gasteiger charge is 2.21. The molecule has 0 aliphatic carbocycles. The van der Waals surface area contributed by atoms with Gasteiger partial charge in [-0.1, -0.05) is 0 Å². The first kappa shape index (κ1) is 14.0. The number of benzene rings is 1. The molecule has 25 heavy (non-hydrogen) atoms. The van der Waals surface area contributed by atoms with Gasteiger partial charge in [0, 0.05) is 28.6 Å². The fraction of sp³-hybridized carbons (Fsp3) is 0.105. The average Bonchev–Trinajstić information content (AvgIpc) is 3.00. The molecule has 1 aromatic carbocycles. The fourth-order valence-corrected chi connectivity index (χ4v) is 3.67. The molecular formula is C19H13N3O3. The monoisotopic (exact) mass is 331 g/mol. The van der Waals surface area contributed by atoms with Crippen molar-refractivity contribution in [2.24, 2.45) is 0 Å². The molecule has 122 valence electrons. The maximum absolute atomic E-state index is 13.4. The number of rotatable bonds is 2. The van der Waals surface area contributed by atoms with Gasteiger partial charge in [0.05, 0.1) is 42.4 Å². The summed E-state index contributed by atoms with van der Waals surface area (Å²) in [7, 11) is 3.08. The van der Waals surface area contributed by atoms with Crippen molar-refractivity contribution in [3.63, 3.8) is 0 Å². The molecule has 5 aromatic rings. The summed E-state index contributed by atoms with van der Waals surface area (Å²) in [5, 5.41) is 3.16. The van der Waals surface area contributed by atoms with Crippen LogP contribution in [0.25, 0.3) is 38.1 Å². The number of pyridine rings is 3. The molecule has 0 amide bonds. The minimum absolute atomic E-state index is 0.167. The lowest BCUT2D eigenvalue weighted by molar-refractivity contribution is 0.358. The standard InChI is InChI=1S/C19H13N3O3/c1-24-14-4-3-12-15(18(14)25-2)19(23)22-13-9-20-7-5-10(13)11-6-8-21-16(12)17(11)22/h3-9H,1-2H3. The van der Waals surface area contributed by atoms with Crippen molar-refractivity contribution in [3.05, 3.63) is 53.2 Å². The molecule has 0 N–H and O–H groups in total. The van der Waals surface area contributed by atoms with Crippen molar-refractivity contribution in [1.29, 1.82) is 0 Å². The SMILES string of the molecule is COc1ccc2c(c1OC)c(=O)n1c3cnccc3c3ccnc2c31. The second kappa shape index (κ2) is 4.80. The molecule has 0 aliphatic rings. The van der Waals surface area contributed by atoms with Gasteiger partial charge in [0.25, 0.3) is 5.56 Å². The van der Waals surface area contributed by atoms with E-state index >= 15 is 0 Å². The van der Waals surface area contributed by atoms with E-state index in [9.17, 15) is 4.79 Å². The Hall–Kier alpha value is -3.41. The fourth-order valence-electron chi connectivity index (χ4n) is 3.67. The molecular weight excluding hydrogens is 318 g/mol. The molecule has 5 rings (SSSR count). The highest BCUT2D eigenvalue weighted by Crippen LogP contribution is 2.38. The van der Waals surface area contributed by atoms with Crippen LogP contribution >= 0.6 is 0 Å². The van der Waals surface area contributed by atoms with E-state index in [2.05, 4.69) is 9.97 Å². The van der Waals surface area contributed by atoms with Gasteiger partial charge in [-0.05, 0) is 24.3 Å². The Labute approximate surface area is 141 Å². The van der Waals surface area contributed by atoms with Crippen LogP contribution in [0.4, 0.5) is 0 Å². The van der Waals surface area contributed by atoms with Crippen molar-refractivity contribution in [3.8, 4) is 11.5 Å². The van der Waals surface area contributed by atoms with Gasteiger partial charge in [-0.2, -0.15) is 0 Å². The zero-order valence-corrected chi connectivity index (χ0v) is 13.6. The van der Waals surface area contributed by atoms with E-state index in [1.54, 1.807) is 36.2 Å². The smallest absolute Gasteiger partial charge is 0.267 e. The summed E-state index contributed by atoms with van der Waals surface area (Å²) in [5.74, 6) is 0.931. The van der Waals surface area contributed by atoms with E-state index in [0.717, 1.165) is 32.7 Å².